The molecule has 260 valence electrons. The Morgan fingerprint density at radius 2 is 1.27 bits per heavy atom. The minimum atomic E-state index is -4.62. The molecule has 0 radical (unpaired) electrons. The summed E-state index contributed by atoms with van der Waals surface area (Å²) < 4.78 is 32.3. The number of carbonyl (C=O) groups excluding carboxylic acids is 2. The Labute approximate surface area is 271 Å². The molecule has 10 nitrogen and oxygen atoms in total. The molecule has 0 aromatic heterocycles. The molecule has 0 aromatic rings. The summed E-state index contributed by atoms with van der Waals surface area (Å²) in [7, 11) is -4.62. The average molecular weight is 659 g/mol. The SMILES string of the molecule is CC/C=C/C=C/C=C/CCCCCCCC(=O)OC(COC(=O)CCC/C=C/CCCCCC)COP(=O)(O)OC[C@@H](O)CO. The summed E-state index contributed by atoms with van der Waals surface area (Å²) in [6.45, 7) is 2.10. The van der Waals surface area contributed by atoms with Crippen molar-refractivity contribution in [2.24, 2.45) is 0 Å². The van der Waals surface area contributed by atoms with Crippen LogP contribution in [0.4, 0.5) is 0 Å². The summed E-state index contributed by atoms with van der Waals surface area (Å²) in [5, 5.41) is 18.2. The van der Waals surface area contributed by atoms with Crippen molar-refractivity contribution in [1.29, 1.82) is 0 Å². The molecule has 0 aliphatic rings. The van der Waals surface area contributed by atoms with E-state index < -0.39 is 51.8 Å². The number of hydrogen-bond acceptors (Lipinski definition) is 9. The molecule has 3 N–H and O–H groups in total. The van der Waals surface area contributed by atoms with Crippen LogP contribution in [0.25, 0.3) is 0 Å². The lowest BCUT2D eigenvalue weighted by molar-refractivity contribution is -0.161. The van der Waals surface area contributed by atoms with Crippen molar-refractivity contribution >= 4 is 19.8 Å². The van der Waals surface area contributed by atoms with Crippen molar-refractivity contribution in [1.82, 2.24) is 0 Å². The van der Waals surface area contributed by atoms with Crippen LogP contribution in [0.3, 0.4) is 0 Å². The largest absolute Gasteiger partial charge is 0.472 e. The number of hydrogen-bond donors (Lipinski definition) is 3. The van der Waals surface area contributed by atoms with Gasteiger partial charge >= 0.3 is 19.8 Å². The number of phosphoric acid groups is 1. The Bertz CT molecular complexity index is 899. The molecule has 0 bridgehead atoms. The van der Waals surface area contributed by atoms with Crippen LogP contribution < -0.4 is 0 Å². The maximum atomic E-state index is 12.5. The first-order chi connectivity index (χ1) is 21.7. The summed E-state index contributed by atoms with van der Waals surface area (Å²) in [5.41, 5.74) is 0. The maximum Gasteiger partial charge on any atom is 0.472 e. The summed E-state index contributed by atoms with van der Waals surface area (Å²) in [6.07, 6.45) is 28.2. The van der Waals surface area contributed by atoms with E-state index in [4.69, 9.17) is 19.1 Å². The van der Waals surface area contributed by atoms with Crippen molar-refractivity contribution in [2.75, 3.05) is 26.4 Å². The van der Waals surface area contributed by atoms with Crippen LogP contribution in [-0.4, -0.2) is 65.7 Å². The zero-order valence-corrected chi connectivity index (χ0v) is 28.5. The van der Waals surface area contributed by atoms with Crippen molar-refractivity contribution in [3.8, 4) is 0 Å². The molecule has 11 heteroatoms. The standard InChI is InChI=1S/C34H59O10P/c1-3-5-7-9-11-13-14-15-16-18-20-22-24-26-34(38)44-32(30-43-45(39,40)42-28-31(36)27-35)29-41-33(37)25-23-21-19-17-12-10-8-6-4-2/h5,7,9,11,13-14,17,19,31-32,35-36H,3-4,6,8,10,12,15-16,18,20-30H2,1-2H3,(H,39,40)/b7-5+,11-9+,14-13+,19-17+/t31-,32?/m0/s1. The van der Waals surface area contributed by atoms with E-state index in [2.05, 4.69) is 42.7 Å². The first-order valence-corrected chi connectivity index (χ1v) is 18.1. The number of carbonyl (C=O) groups is 2. The normalized spacial score (nSPS) is 14.9. The monoisotopic (exact) mass is 658 g/mol. The van der Waals surface area contributed by atoms with Gasteiger partial charge in [-0.15, -0.1) is 0 Å². The van der Waals surface area contributed by atoms with Gasteiger partial charge in [-0.1, -0.05) is 101 Å². The van der Waals surface area contributed by atoms with Gasteiger partial charge in [0.05, 0.1) is 19.8 Å². The zero-order chi connectivity index (χ0) is 33.4. The number of aliphatic hydroxyl groups excluding tert-OH is 2. The Kier molecular flexibility index (Phi) is 29.2. The molecule has 2 unspecified atom stereocenters. The van der Waals surface area contributed by atoms with Crippen LogP contribution in [0.1, 0.15) is 117 Å². The minimum Gasteiger partial charge on any atom is -0.462 e. The zero-order valence-electron chi connectivity index (χ0n) is 27.6. The van der Waals surface area contributed by atoms with Gasteiger partial charge in [-0.2, -0.15) is 0 Å². The van der Waals surface area contributed by atoms with Gasteiger partial charge in [0.1, 0.15) is 12.7 Å². The first-order valence-electron chi connectivity index (χ1n) is 16.6. The quantitative estimate of drug-likeness (QED) is 0.0234. The van der Waals surface area contributed by atoms with Crippen LogP contribution in [0.15, 0.2) is 48.6 Å². The fourth-order valence-corrected chi connectivity index (χ4v) is 4.72. The van der Waals surface area contributed by atoms with Crippen LogP contribution in [-0.2, 0) is 32.7 Å². The highest BCUT2D eigenvalue weighted by atomic mass is 31.2. The van der Waals surface area contributed by atoms with Gasteiger partial charge in [0.2, 0.25) is 0 Å². The van der Waals surface area contributed by atoms with Crippen LogP contribution >= 0.6 is 7.82 Å². The molecule has 0 spiro atoms. The van der Waals surface area contributed by atoms with E-state index in [1.807, 2.05) is 24.3 Å². The number of allylic oxidation sites excluding steroid dienone is 8. The number of ether oxygens (including phenoxy) is 2. The number of rotatable bonds is 30. The fourth-order valence-electron chi connectivity index (χ4n) is 3.94. The first kappa shape index (κ1) is 42.9. The van der Waals surface area contributed by atoms with E-state index in [1.165, 1.54) is 19.3 Å². The molecule has 0 aromatic carbocycles. The third-order valence-corrected chi connectivity index (χ3v) is 7.48. The molecule has 0 rings (SSSR count). The molecule has 0 fully saturated rings. The van der Waals surface area contributed by atoms with Crippen molar-refractivity contribution in [3.63, 3.8) is 0 Å². The van der Waals surface area contributed by atoms with Crippen molar-refractivity contribution in [2.45, 2.75) is 129 Å². The fraction of sp³-hybridized carbons (Fsp3) is 0.706. The Morgan fingerprint density at radius 3 is 1.96 bits per heavy atom. The summed E-state index contributed by atoms with van der Waals surface area (Å²) in [6, 6.07) is 0. The molecular formula is C34H59O10P. The third-order valence-electron chi connectivity index (χ3n) is 6.53. The van der Waals surface area contributed by atoms with Crippen LogP contribution in [0.5, 0.6) is 0 Å². The molecular weight excluding hydrogens is 599 g/mol. The smallest absolute Gasteiger partial charge is 0.462 e. The molecule has 0 saturated heterocycles. The second kappa shape index (κ2) is 30.6. The van der Waals surface area contributed by atoms with Crippen molar-refractivity contribution in [3.05, 3.63) is 48.6 Å². The van der Waals surface area contributed by atoms with Gasteiger partial charge in [0.15, 0.2) is 6.10 Å². The highest BCUT2D eigenvalue weighted by molar-refractivity contribution is 7.47. The lowest BCUT2D eigenvalue weighted by Gasteiger charge is -2.20. The van der Waals surface area contributed by atoms with E-state index in [9.17, 15) is 24.2 Å². The predicted octanol–water partition coefficient (Wildman–Crippen LogP) is 7.43. The van der Waals surface area contributed by atoms with Gasteiger partial charge in [0.25, 0.3) is 0 Å². The summed E-state index contributed by atoms with van der Waals surface area (Å²) in [5.74, 6) is -0.999. The van der Waals surface area contributed by atoms with E-state index in [-0.39, 0.29) is 19.4 Å². The number of phosphoric ester groups is 1. The van der Waals surface area contributed by atoms with Crippen molar-refractivity contribution < 1.29 is 47.8 Å². The van der Waals surface area contributed by atoms with E-state index in [1.54, 1.807) is 0 Å². The summed E-state index contributed by atoms with van der Waals surface area (Å²) >= 11 is 0. The van der Waals surface area contributed by atoms with E-state index in [0.29, 0.717) is 12.8 Å². The molecule has 0 saturated carbocycles. The molecule has 0 aliphatic heterocycles. The molecule has 0 aliphatic carbocycles. The number of aliphatic hydroxyl groups is 2. The second-order valence-electron chi connectivity index (χ2n) is 10.9. The molecule has 45 heavy (non-hydrogen) atoms. The highest BCUT2D eigenvalue weighted by Gasteiger charge is 2.27. The second-order valence-corrected chi connectivity index (χ2v) is 12.3. The third kappa shape index (κ3) is 30.4. The predicted molar refractivity (Wildman–Crippen MR) is 177 cm³/mol. The van der Waals surface area contributed by atoms with Gasteiger partial charge in [-0.25, -0.2) is 4.57 Å². The van der Waals surface area contributed by atoms with Gasteiger partial charge < -0.3 is 24.6 Å². The average Bonchev–Trinajstić information content (AvgIpc) is 3.02. The molecule has 0 amide bonds. The highest BCUT2D eigenvalue weighted by Crippen LogP contribution is 2.43. The number of esters is 2. The van der Waals surface area contributed by atoms with Gasteiger partial charge in [-0.3, -0.25) is 18.6 Å². The molecule has 0 heterocycles. The minimum absolute atomic E-state index is 0.154. The Hall–Kier alpha value is -2.07. The Balaban J connectivity index is 4.53. The number of unbranched alkanes of at least 4 members (excludes halogenated alkanes) is 10. The van der Waals surface area contributed by atoms with E-state index >= 15 is 0 Å². The van der Waals surface area contributed by atoms with Crippen LogP contribution in [0, 0.1) is 0 Å². The topological polar surface area (TPSA) is 149 Å². The molecule has 3 atom stereocenters. The lowest BCUT2D eigenvalue weighted by atomic mass is 10.1. The van der Waals surface area contributed by atoms with Crippen LogP contribution in [0.2, 0.25) is 0 Å². The van der Waals surface area contributed by atoms with Gasteiger partial charge in [0, 0.05) is 12.8 Å². The lowest BCUT2D eigenvalue weighted by Crippen LogP contribution is -2.29. The van der Waals surface area contributed by atoms with Gasteiger partial charge in [-0.05, 0) is 51.4 Å². The van der Waals surface area contributed by atoms with E-state index in [0.717, 1.165) is 57.8 Å². The summed E-state index contributed by atoms with van der Waals surface area (Å²) in [4.78, 5) is 34.6. The Morgan fingerprint density at radius 1 is 0.689 bits per heavy atom. The maximum absolute atomic E-state index is 12.5.